The Bertz CT molecular complexity index is 830. The average Bonchev–Trinajstić information content (AvgIpc) is 2.57. The molecule has 6 nitrogen and oxygen atoms in total. The zero-order chi connectivity index (χ0) is 17.2. The average molecular weight is 346 g/mol. The normalized spacial score (nSPS) is 15.4. The van der Waals surface area contributed by atoms with Gasteiger partial charge >= 0.3 is 0 Å². The van der Waals surface area contributed by atoms with Gasteiger partial charge in [-0.1, -0.05) is 17.7 Å². The van der Waals surface area contributed by atoms with E-state index in [1.54, 1.807) is 29.2 Å². The van der Waals surface area contributed by atoms with Crippen molar-refractivity contribution < 1.29 is 17.9 Å². The molecule has 1 heterocycles. The SMILES string of the molecule is Cc1ccc(NS(=O)(=O)c2ccc(N3CCOCC3=O)cc2)cc1. The van der Waals surface area contributed by atoms with E-state index < -0.39 is 10.0 Å². The molecule has 1 aliphatic rings. The zero-order valence-electron chi connectivity index (χ0n) is 13.2. The van der Waals surface area contributed by atoms with Crippen LogP contribution in [0.15, 0.2) is 53.4 Å². The monoisotopic (exact) mass is 346 g/mol. The third-order valence-electron chi connectivity index (χ3n) is 3.75. The summed E-state index contributed by atoms with van der Waals surface area (Å²) in [6, 6.07) is 13.4. The third-order valence-corrected chi connectivity index (χ3v) is 5.15. The van der Waals surface area contributed by atoms with Crippen molar-refractivity contribution in [2.45, 2.75) is 11.8 Å². The van der Waals surface area contributed by atoms with Gasteiger partial charge in [0.1, 0.15) is 6.61 Å². The minimum atomic E-state index is -3.67. The van der Waals surface area contributed by atoms with E-state index in [2.05, 4.69) is 4.72 Å². The van der Waals surface area contributed by atoms with Crippen LogP contribution in [0, 0.1) is 6.92 Å². The summed E-state index contributed by atoms with van der Waals surface area (Å²) in [5.74, 6) is -0.130. The Balaban J connectivity index is 1.78. The molecule has 0 bridgehead atoms. The number of hydrogen-bond acceptors (Lipinski definition) is 4. The molecular formula is C17H18N2O4S. The standard InChI is InChI=1S/C17H18N2O4S/c1-13-2-4-14(5-3-13)18-24(21,22)16-8-6-15(7-9-16)19-10-11-23-12-17(19)20/h2-9,18H,10-12H2,1H3. The summed E-state index contributed by atoms with van der Waals surface area (Å²) in [6.07, 6.45) is 0. The van der Waals surface area contributed by atoms with Crippen molar-refractivity contribution in [2.75, 3.05) is 29.4 Å². The highest BCUT2D eigenvalue weighted by atomic mass is 32.2. The first-order valence-corrected chi connectivity index (χ1v) is 9.02. The number of nitrogens with zero attached hydrogens (tertiary/aromatic N) is 1. The first-order valence-electron chi connectivity index (χ1n) is 7.53. The summed E-state index contributed by atoms with van der Waals surface area (Å²) in [6.45, 7) is 2.92. The molecule has 24 heavy (non-hydrogen) atoms. The van der Waals surface area contributed by atoms with Crippen LogP contribution in [-0.4, -0.2) is 34.1 Å². The maximum Gasteiger partial charge on any atom is 0.261 e. The van der Waals surface area contributed by atoms with E-state index >= 15 is 0 Å². The van der Waals surface area contributed by atoms with Crippen molar-refractivity contribution in [3.8, 4) is 0 Å². The molecule has 2 aromatic rings. The number of rotatable bonds is 4. The van der Waals surface area contributed by atoms with Gasteiger partial charge < -0.3 is 9.64 Å². The number of aryl methyl sites for hydroxylation is 1. The number of carbonyl (C=O) groups excluding carboxylic acids is 1. The lowest BCUT2D eigenvalue weighted by atomic mass is 10.2. The van der Waals surface area contributed by atoms with E-state index in [-0.39, 0.29) is 17.4 Å². The second-order valence-electron chi connectivity index (χ2n) is 5.56. The van der Waals surface area contributed by atoms with Gasteiger partial charge in [-0.05, 0) is 43.3 Å². The first-order chi connectivity index (χ1) is 11.5. The second-order valence-corrected chi connectivity index (χ2v) is 7.25. The lowest BCUT2D eigenvalue weighted by Crippen LogP contribution is -2.41. The highest BCUT2D eigenvalue weighted by Gasteiger charge is 2.21. The number of benzene rings is 2. The fraction of sp³-hybridized carbons (Fsp3) is 0.235. The smallest absolute Gasteiger partial charge is 0.261 e. The van der Waals surface area contributed by atoms with Crippen LogP contribution in [0.25, 0.3) is 0 Å². The molecule has 0 spiro atoms. The number of morpholine rings is 1. The van der Waals surface area contributed by atoms with Gasteiger partial charge in [0.15, 0.2) is 0 Å². The van der Waals surface area contributed by atoms with Crippen LogP contribution >= 0.6 is 0 Å². The Morgan fingerprint density at radius 1 is 1.04 bits per heavy atom. The van der Waals surface area contributed by atoms with Crippen LogP contribution in [0.4, 0.5) is 11.4 Å². The molecule has 1 fully saturated rings. The van der Waals surface area contributed by atoms with Gasteiger partial charge in [-0.2, -0.15) is 0 Å². The Morgan fingerprint density at radius 3 is 2.33 bits per heavy atom. The van der Waals surface area contributed by atoms with Crippen LogP contribution in [-0.2, 0) is 19.6 Å². The molecule has 0 saturated carbocycles. The van der Waals surface area contributed by atoms with Crippen molar-refractivity contribution >= 4 is 27.3 Å². The van der Waals surface area contributed by atoms with E-state index in [1.165, 1.54) is 12.1 Å². The number of nitrogens with one attached hydrogen (secondary N) is 1. The third kappa shape index (κ3) is 3.58. The highest BCUT2D eigenvalue weighted by Crippen LogP contribution is 2.21. The number of anilines is 2. The molecular weight excluding hydrogens is 328 g/mol. The minimum absolute atomic E-state index is 0.0506. The summed E-state index contributed by atoms with van der Waals surface area (Å²) in [7, 11) is -3.67. The Labute approximate surface area is 141 Å². The number of hydrogen-bond donors (Lipinski definition) is 1. The maximum absolute atomic E-state index is 12.4. The first kappa shape index (κ1) is 16.5. The molecule has 3 rings (SSSR count). The van der Waals surface area contributed by atoms with Crippen molar-refractivity contribution in [1.29, 1.82) is 0 Å². The fourth-order valence-corrected chi connectivity index (χ4v) is 3.49. The minimum Gasteiger partial charge on any atom is -0.370 e. The summed E-state index contributed by atoms with van der Waals surface area (Å²) in [5, 5.41) is 0. The predicted octanol–water partition coefficient (Wildman–Crippen LogP) is 2.16. The van der Waals surface area contributed by atoms with Crippen LogP contribution < -0.4 is 9.62 Å². The molecule has 1 amide bonds. The highest BCUT2D eigenvalue weighted by molar-refractivity contribution is 7.92. The van der Waals surface area contributed by atoms with Gasteiger partial charge in [-0.3, -0.25) is 9.52 Å². The lowest BCUT2D eigenvalue weighted by molar-refractivity contribution is -0.125. The van der Waals surface area contributed by atoms with Gasteiger partial charge in [0.2, 0.25) is 0 Å². The molecule has 1 aliphatic heterocycles. The van der Waals surface area contributed by atoms with Crippen LogP contribution in [0.1, 0.15) is 5.56 Å². The number of ether oxygens (including phenoxy) is 1. The van der Waals surface area contributed by atoms with Crippen LogP contribution in [0.3, 0.4) is 0 Å². The van der Waals surface area contributed by atoms with Crippen molar-refractivity contribution in [2.24, 2.45) is 0 Å². The van der Waals surface area contributed by atoms with Gasteiger partial charge in [-0.25, -0.2) is 8.42 Å². The Hall–Kier alpha value is -2.38. The fourth-order valence-electron chi connectivity index (χ4n) is 2.43. The summed E-state index contributed by atoms with van der Waals surface area (Å²) >= 11 is 0. The predicted molar refractivity (Wildman–Crippen MR) is 91.6 cm³/mol. The Kier molecular flexibility index (Phi) is 4.55. The maximum atomic E-state index is 12.4. The van der Waals surface area contributed by atoms with Crippen LogP contribution in [0.2, 0.25) is 0 Å². The van der Waals surface area contributed by atoms with E-state index in [1.807, 2.05) is 19.1 Å². The summed E-state index contributed by atoms with van der Waals surface area (Å²) < 4.78 is 32.5. The van der Waals surface area contributed by atoms with E-state index in [0.717, 1.165) is 5.56 Å². The van der Waals surface area contributed by atoms with E-state index in [0.29, 0.717) is 24.5 Å². The summed E-state index contributed by atoms with van der Waals surface area (Å²) in [5.41, 5.74) is 2.23. The molecule has 0 aromatic heterocycles. The Morgan fingerprint density at radius 2 is 1.71 bits per heavy atom. The lowest BCUT2D eigenvalue weighted by Gasteiger charge is -2.26. The van der Waals surface area contributed by atoms with Crippen molar-refractivity contribution in [3.05, 3.63) is 54.1 Å². The quantitative estimate of drug-likeness (QED) is 0.920. The van der Waals surface area contributed by atoms with Crippen molar-refractivity contribution in [1.82, 2.24) is 0 Å². The van der Waals surface area contributed by atoms with Gasteiger partial charge in [0, 0.05) is 17.9 Å². The largest absolute Gasteiger partial charge is 0.370 e. The van der Waals surface area contributed by atoms with Crippen molar-refractivity contribution in [3.63, 3.8) is 0 Å². The molecule has 7 heteroatoms. The van der Waals surface area contributed by atoms with Gasteiger partial charge in [0.25, 0.3) is 15.9 Å². The molecule has 0 atom stereocenters. The molecule has 126 valence electrons. The second kappa shape index (κ2) is 6.62. The molecule has 2 aromatic carbocycles. The van der Waals surface area contributed by atoms with Gasteiger partial charge in [0.05, 0.1) is 11.5 Å². The molecule has 0 aliphatic carbocycles. The summed E-state index contributed by atoms with van der Waals surface area (Å²) in [4.78, 5) is 13.6. The zero-order valence-corrected chi connectivity index (χ0v) is 14.0. The molecule has 1 N–H and O–H groups in total. The van der Waals surface area contributed by atoms with Gasteiger partial charge in [-0.15, -0.1) is 0 Å². The number of sulfonamides is 1. The number of amides is 1. The van der Waals surface area contributed by atoms with Crippen LogP contribution in [0.5, 0.6) is 0 Å². The van der Waals surface area contributed by atoms with E-state index in [9.17, 15) is 13.2 Å². The molecule has 0 unspecified atom stereocenters. The molecule has 1 saturated heterocycles. The molecule has 0 radical (unpaired) electrons. The topological polar surface area (TPSA) is 75.7 Å². The van der Waals surface area contributed by atoms with E-state index in [4.69, 9.17) is 4.74 Å². The number of carbonyl (C=O) groups is 1.